The van der Waals surface area contributed by atoms with Crippen molar-refractivity contribution >= 4 is 38.3 Å². The molecular weight excluding hydrogens is 418 g/mol. The summed E-state index contributed by atoms with van der Waals surface area (Å²) in [6.07, 6.45) is 0. The molecule has 4 aromatic rings. The van der Waals surface area contributed by atoms with Crippen LogP contribution >= 0.6 is 15.9 Å². The highest BCUT2D eigenvalue weighted by Crippen LogP contribution is 2.26. The predicted octanol–water partition coefficient (Wildman–Crippen LogP) is 4.46. The van der Waals surface area contributed by atoms with Crippen molar-refractivity contribution in [1.82, 2.24) is 9.78 Å². The Hall–Kier alpha value is -3.25. The van der Waals surface area contributed by atoms with E-state index >= 15 is 0 Å². The molecule has 0 saturated heterocycles. The predicted molar refractivity (Wildman–Crippen MR) is 114 cm³/mol. The van der Waals surface area contributed by atoms with Gasteiger partial charge < -0.3 is 5.32 Å². The number of rotatable bonds is 4. The highest BCUT2D eigenvalue weighted by Gasteiger charge is 2.10. The number of aromatic nitrogens is 2. The highest BCUT2D eigenvalue weighted by molar-refractivity contribution is 9.10. The average Bonchev–Trinajstić information content (AvgIpc) is 2.71. The van der Waals surface area contributed by atoms with Gasteiger partial charge in [0.25, 0.3) is 5.56 Å². The number of carbonyl (C=O) groups excluding carboxylic acids is 1. The molecule has 28 heavy (non-hydrogen) atoms. The number of halogens is 1. The highest BCUT2D eigenvalue weighted by atomic mass is 79.9. The summed E-state index contributed by atoms with van der Waals surface area (Å²) in [5.41, 5.74) is 1.90. The first-order valence-electron chi connectivity index (χ1n) is 8.72. The van der Waals surface area contributed by atoms with Crippen LogP contribution in [0.3, 0.4) is 0 Å². The summed E-state index contributed by atoms with van der Waals surface area (Å²) in [6, 6.07) is 24.3. The summed E-state index contributed by atoms with van der Waals surface area (Å²) in [6.45, 7) is -0.159. The summed E-state index contributed by atoms with van der Waals surface area (Å²) in [4.78, 5) is 24.6. The van der Waals surface area contributed by atoms with E-state index in [-0.39, 0.29) is 18.0 Å². The van der Waals surface area contributed by atoms with E-state index in [4.69, 9.17) is 0 Å². The Morgan fingerprint density at radius 1 is 0.929 bits per heavy atom. The van der Waals surface area contributed by atoms with Crippen LogP contribution in [0.15, 0.2) is 88.1 Å². The second-order valence-electron chi connectivity index (χ2n) is 6.30. The van der Waals surface area contributed by atoms with E-state index in [9.17, 15) is 9.59 Å². The van der Waals surface area contributed by atoms with E-state index in [0.29, 0.717) is 11.4 Å². The van der Waals surface area contributed by atoms with Crippen molar-refractivity contribution < 1.29 is 4.79 Å². The Morgan fingerprint density at radius 2 is 1.68 bits per heavy atom. The molecule has 5 nitrogen and oxygen atoms in total. The Bertz CT molecular complexity index is 1210. The van der Waals surface area contributed by atoms with Gasteiger partial charge >= 0.3 is 0 Å². The van der Waals surface area contributed by atoms with Gasteiger partial charge in [0.2, 0.25) is 5.91 Å². The van der Waals surface area contributed by atoms with Crippen molar-refractivity contribution in [3.8, 4) is 11.3 Å². The van der Waals surface area contributed by atoms with Crippen LogP contribution < -0.4 is 10.9 Å². The van der Waals surface area contributed by atoms with Crippen molar-refractivity contribution in [1.29, 1.82) is 0 Å². The fourth-order valence-corrected chi connectivity index (χ4v) is 3.29. The Labute approximate surface area is 169 Å². The third kappa shape index (κ3) is 3.87. The molecule has 0 spiro atoms. The molecule has 0 aliphatic carbocycles. The van der Waals surface area contributed by atoms with Crippen molar-refractivity contribution in [3.05, 3.63) is 93.7 Å². The lowest BCUT2D eigenvalue weighted by Gasteiger charge is -2.10. The number of nitrogens with one attached hydrogen (secondary N) is 1. The lowest BCUT2D eigenvalue weighted by Crippen LogP contribution is -2.29. The van der Waals surface area contributed by atoms with Gasteiger partial charge in [-0.3, -0.25) is 9.59 Å². The number of carbonyl (C=O) groups is 1. The third-order valence-corrected chi connectivity index (χ3v) is 4.88. The molecule has 0 aliphatic heterocycles. The molecule has 0 radical (unpaired) electrons. The molecule has 0 fully saturated rings. The normalized spacial score (nSPS) is 10.8. The molecule has 0 atom stereocenters. The van der Waals surface area contributed by atoms with Crippen molar-refractivity contribution in [2.45, 2.75) is 6.54 Å². The smallest absolute Gasteiger partial charge is 0.267 e. The van der Waals surface area contributed by atoms with E-state index < -0.39 is 0 Å². The van der Waals surface area contributed by atoms with E-state index in [2.05, 4.69) is 26.3 Å². The van der Waals surface area contributed by atoms with Crippen LogP contribution in [0.5, 0.6) is 0 Å². The summed E-state index contributed by atoms with van der Waals surface area (Å²) < 4.78 is 2.11. The Kier molecular flexibility index (Phi) is 5.04. The quantitative estimate of drug-likeness (QED) is 0.516. The number of benzene rings is 3. The van der Waals surface area contributed by atoms with Crippen molar-refractivity contribution in [2.75, 3.05) is 5.32 Å². The maximum absolute atomic E-state index is 12.4. The molecular formula is C22H16BrN3O2. The number of amides is 1. The van der Waals surface area contributed by atoms with Gasteiger partial charge in [0, 0.05) is 21.8 Å². The van der Waals surface area contributed by atoms with Gasteiger partial charge in [0.15, 0.2) is 0 Å². The second kappa shape index (κ2) is 7.78. The zero-order chi connectivity index (χ0) is 19.5. The number of fused-ring (bicyclic) bond motifs is 1. The van der Waals surface area contributed by atoms with Crippen LogP contribution in [-0.2, 0) is 11.3 Å². The minimum absolute atomic E-state index is 0.159. The van der Waals surface area contributed by atoms with Crippen molar-refractivity contribution in [2.24, 2.45) is 0 Å². The standard InChI is InChI=1S/C22H16BrN3O2/c23-16-8-10-17(11-9-16)24-21(27)14-26-22(28)13-12-20(25-26)19-7-3-5-15-4-1-2-6-18(15)19/h1-13H,14H2,(H,24,27). The van der Waals surface area contributed by atoms with Gasteiger partial charge in [-0.05, 0) is 41.1 Å². The van der Waals surface area contributed by atoms with E-state index in [0.717, 1.165) is 20.8 Å². The molecule has 1 N–H and O–H groups in total. The van der Waals surface area contributed by atoms with Gasteiger partial charge in [0.05, 0.1) is 5.69 Å². The molecule has 138 valence electrons. The molecule has 6 heteroatoms. The Morgan fingerprint density at radius 3 is 2.50 bits per heavy atom. The van der Waals surface area contributed by atoms with Crippen LogP contribution in [0.25, 0.3) is 22.0 Å². The molecule has 0 bridgehead atoms. The molecule has 1 heterocycles. The largest absolute Gasteiger partial charge is 0.324 e. The van der Waals surface area contributed by atoms with Crippen LogP contribution in [0, 0.1) is 0 Å². The van der Waals surface area contributed by atoms with Crippen LogP contribution in [-0.4, -0.2) is 15.7 Å². The lowest BCUT2D eigenvalue weighted by atomic mass is 10.0. The molecule has 0 saturated carbocycles. The number of anilines is 1. The molecule has 4 rings (SSSR count). The minimum Gasteiger partial charge on any atom is -0.324 e. The summed E-state index contributed by atoms with van der Waals surface area (Å²) >= 11 is 3.35. The third-order valence-electron chi connectivity index (χ3n) is 4.35. The minimum atomic E-state index is -0.324. The fraction of sp³-hybridized carbons (Fsp3) is 0.0455. The SMILES string of the molecule is O=C(Cn1nc(-c2cccc3ccccc23)ccc1=O)Nc1ccc(Br)cc1. The van der Waals surface area contributed by atoms with Gasteiger partial charge in [0.1, 0.15) is 6.54 Å². The lowest BCUT2D eigenvalue weighted by molar-refractivity contribution is -0.117. The summed E-state index contributed by atoms with van der Waals surface area (Å²) in [5.74, 6) is -0.313. The second-order valence-corrected chi connectivity index (χ2v) is 7.21. The monoisotopic (exact) mass is 433 g/mol. The Balaban J connectivity index is 1.63. The van der Waals surface area contributed by atoms with Gasteiger partial charge in [-0.1, -0.05) is 58.4 Å². The van der Waals surface area contributed by atoms with E-state index in [1.54, 1.807) is 18.2 Å². The number of hydrogen-bond donors (Lipinski definition) is 1. The fourth-order valence-electron chi connectivity index (χ4n) is 3.02. The van der Waals surface area contributed by atoms with Gasteiger partial charge in [-0.15, -0.1) is 0 Å². The topological polar surface area (TPSA) is 64.0 Å². The molecule has 0 aliphatic rings. The van der Waals surface area contributed by atoms with Crippen LogP contribution in [0.4, 0.5) is 5.69 Å². The van der Waals surface area contributed by atoms with Gasteiger partial charge in [-0.2, -0.15) is 5.10 Å². The molecule has 3 aromatic carbocycles. The van der Waals surface area contributed by atoms with Crippen molar-refractivity contribution in [3.63, 3.8) is 0 Å². The number of nitrogens with zero attached hydrogens (tertiary/aromatic N) is 2. The first-order valence-corrected chi connectivity index (χ1v) is 9.51. The first kappa shape index (κ1) is 18.1. The summed E-state index contributed by atoms with van der Waals surface area (Å²) in [5, 5.41) is 9.33. The molecule has 1 aromatic heterocycles. The average molecular weight is 434 g/mol. The zero-order valence-electron chi connectivity index (χ0n) is 14.8. The zero-order valence-corrected chi connectivity index (χ0v) is 16.4. The van der Waals surface area contributed by atoms with Gasteiger partial charge in [-0.25, -0.2) is 4.68 Å². The summed E-state index contributed by atoms with van der Waals surface area (Å²) in [7, 11) is 0. The van der Waals surface area contributed by atoms with Crippen LogP contribution in [0.2, 0.25) is 0 Å². The molecule has 0 unspecified atom stereocenters. The maximum Gasteiger partial charge on any atom is 0.267 e. The first-order chi connectivity index (χ1) is 13.6. The van der Waals surface area contributed by atoms with E-state index in [1.807, 2.05) is 54.6 Å². The van der Waals surface area contributed by atoms with E-state index in [1.165, 1.54) is 10.7 Å². The van der Waals surface area contributed by atoms with Crippen LogP contribution in [0.1, 0.15) is 0 Å². The number of hydrogen-bond acceptors (Lipinski definition) is 3. The maximum atomic E-state index is 12.4. The molecule has 1 amide bonds.